The SMILES string of the molecule is CN1C(=O)COc2ccc(Nc3ccc4nnc(C(F)(F)F)n4n3)cc21. The number of ether oxygens (including phenoxy) is 1. The minimum absolute atomic E-state index is 0.0213. The molecule has 0 spiro atoms. The second-order valence-corrected chi connectivity index (χ2v) is 5.56. The number of carbonyl (C=O) groups excluding carboxylic acids is 1. The Balaban J connectivity index is 1.68. The Morgan fingerprint density at radius 2 is 2.00 bits per heavy atom. The summed E-state index contributed by atoms with van der Waals surface area (Å²) in [7, 11) is 1.62. The molecule has 8 nitrogen and oxygen atoms in total. The first-order chi connectivity index (χ1) is 12.3. The number of anilines is 3. The molecule has 1 aliphatic rings. The monoisotopic (exact) mass is 364 g/mol. The highest BCUT2D eigenvalue weighted by atomic mass is 19.4. The van der Waals surface area contributed by atoms with Crippen LogP contribution in [0.1, 0.15) is 5.82 Å². The van der Waals surface area contributed by atoms with E-state index in [0.29, 0.717) is 21.6 Å². The molecule has 3 heterocycles. The molecule has 134 valence electrons. The minimum Gasteiger partial charge on any atom is -0.482 e. The van der Waals surface area contributed by atoms with E-state index >= 15 is 0 Å². The van der Waals surface area contributed by atoms with Crippen LogP contribution in [0.3, 0.4) is 0 Å². The summed E-state index contributed by atoms with van der Waals surface area (Å²) in [5.74, 6) is -0.707. The Kier molecular flexibility index (Phi) is 3.46. The number of carbonyl (C=O) groups is 1. The van der Waals surface area contributed by atoms with E-state index in [9.17, 15) is 18.0 Å². The van der Waals surface area contributed by atoms with E-state index in [4.69, 9.17) is 4.74 Å². The molecule has 3 aromatic rings. The molecule has 2 aromatic heterocycles. The van der Waals surface area contributed by atoms with E-state index in [0.717, 1.165) is 0 Å². The summed E-state index contributed by atoms with van der Waals surface area (Å²) >= 11 is 0. The molecule has 1 N–H and O–H groups in total. The summed E-state index contributed by atoms with van der Waals surface area (Å²) in [5, 5.41) is 13.4. The predicted molar refractivity (Wildman–Crippen MR) is 84.4 cm³/mol. The second kappa shape index (κ2) is 5.58. The number of nitrogens with one attached hydrogen (secondary N) is 1. The normalized spacial score (nSPS) is 14.3. The van der Waals surface area contributed by atoms with Gasteiger partial charge in [-0.05, 0) is 30.3 Å². The van der Waals surface area contributed by atoms with Crippen LogP contribution in [0.5, 0.6) is 5.75 Å². The van der Waals surface area contributed by atoms with E-state index < -0.39 is 12.0 Å². The van der Waals surface area contributed by atoms with Gasteiger partial charge in [-0.3, -0.25) is 4.79 Å². The van der Waals surface area contributed by atoms with Gasteiger partial charge in [-0.25, -0.2) is 0 Å². The maximum Gasteiger partial charge on any atom is 0.453 e. The molecule has 0 saturated heterocycles. The van der Waals surface area contributed by atoms with Gasteiger partial charge in [0.15, 0.2) is 18.1 Å². The van der Waals surface area contributed by atoms with Crippen molar-refractivity contribution >= 4 is 28.7 Å². The van der Waals surface area contributed by atoms with Gasteiger partial charge in [-0.1, -0.05) is 0 Å². The third-order valence-corrected chi connectivity index (χ3v) is 3.83. The van der Waals surface area contributed by atoms with Crippen molar-refractivity contribution in [1.29, 1.82) is 0 Å². The van der Waals surface area contributed by atoms with Gasteiger partial charge in [0, 0.05) is 12.7 Å². The molecule has 1 aliphatic heterocycles. The lowest BCUT2D eigenvalue weighted by Gasteiger charge is -2.26. The first kappa shape index (κ1) is 16.1. The molecular formula is C15H11F3N6O2. The van der Waals surface area contributed by atoms with Crippen molar-refractivity contribution in [2.24, 2.45) is 0 Å². The maximum absolute atomic E-state index is 12.9. The van der Waals surface area contributed by atoms with E-state index in [1.807, 2.05) is 0 Å². The van der Waals surface area contributed by atoms with Gasteiger partial charge in [0.2, 0.25) is 0 Å². The number of benzene rings is 1. The van der Waals surface area contributed by atoms with Crippen LogP contribution in [-0.4, -0.2) is 39.4 Å². The fourth-order valence-corrected chi connectivity index (χ4v) is 2.53. The predicted octanol–water partition coefficient (Wildman–Crippen LogP) is 2.24. The highest BCUT2D eigenvalue weighted by molar-refractivity contribution is 5.98. The topological polar surface area (TPSA) is 84.6 Å². The Hall–Kier alpha value is -3.37. The molecule has 1 aromatic carbocycles. The minimum atomic E-state index is -4.67. The molecule has 1 amide bonds. The van der Waals surface area contributed by atoms with Crippen molar-refractivity contribution in [1.82, 2.24) is 19.8 Å². The van der Waals surface area contributed by atoms with Crippen LogP contribution >= 0.6 is 0 Å². The van der Waals surface area contributed by atoms with Crippen LogP contribution in [-0.2, 0) is 11.0 Å². The number of aromatic nitrogens is 4. The summed E-state index contributed by atoms with van der Waals surface area (Å²) in [5.41, 5.74) is 1.06. The number of alkyl halides is 3. The first-order valence-corrected chi connectivity index (χ1v) is 7.43. The number of hydrogen-bond acceptors (Lipinski definition) is 6. The van der Waals surface area contributed by atoms with Crippen LogP contribution < -0.4 is 15.0 Å². The van der Waals surface area contributed by atoms with E-state index in [2.05, 4.69) is 20.6 Å². The molecule has 4 rings (SSSR count). The third kappa shape index (κ3) is 2.66. The smallest absolute Gasteiger partial charge is 0.453 e. The number of halogens is 3. The van der Waals surface area contributed by atoms with Gasteiger partial charge >= 0.3 is 6.18 Å². The van der Waals surface area contributed by atoms with Crippen LogP contribution in [0.4, 0.5) is 30.4 Å². The van der Waals surface area contributed by atoms with Gasteiger partial charge < -0.3 is 15.0 Å². The lowest BCUT2D eigenvalue weighted by molar-refractivity contribution is -0.146. The molecule has 11 heteroatoms. The van der Waals surface area contributed by atoms with Gasteiger partial charge in [-0.15, -0.1) is 15.3 Å². The molecule has 0 radical (unpaired) electrons. The number of rotatable bonds is 2. The molecular weight excluding hydrogens is 353 g/mol. The molecule has 0 atom stereocenters. The zero-order valence-electron chi connectivity index (χ0n) is 13.3. The van der Waals surface area contributed by atoms with Gasteiger partial charge in [0.1, 0.15) is 5.75 Å². The van der Waals surface area contributed by atoms with E-state index in [-0.39, 0.29) is 24.0 Å². The van der Waals surface area contributed by atoms with E-state index in [1.165, 1.54) is 17.0 Å². The van der Waals surface area contributed by atoms with Gasteiger partial charge in [0.05, 0.1) is 5.69 Å². The Morgan fingerprint density at radius 3 is 2.77 bits per heavy atom. The molecule has 0 fully saturated rings. The number of likely N-dealkylation sites (N-methyl/N-ethyl adjacent to an activating group) is 1. The number of fused-ring (bicyclic) bond motifs is 2. The Morgan fingerprint density at radius 1 is 1.19 bits per heavy atom. The number of hydrogen-bond donors (Lipinski definition) is 1. The Labute approximate surface area is 144 Å². The standard InChI is InChI=1S/C15H11F3N6O2/c1-23-9-6-8(2-3-10(9)26-7-13(23)25)19-11-4-5-12-20-21-14(15(16,17)18)24(12)22-11/h2-6H,7H2,1H3,(H,19,22). The molecule has 0 unspecified atom stereocenters. The molecule has 0 saturated carbocycles. The fraction of sp³-hybridized carbons (Fsp3) is 0.200. The van der Waals surface area contributed by atoms with Crippen molar-refractivity contribution in [2.75, 3.05) is 23.9 Å². The van der Waals surface area contributed by atoms with Crippen LogP contribution in [0.15, 0.2) is 30.3 Å². The summed E-state index contributed by atoms with van der Waals surface area (Å²) in [6.07, 6.45) is -4.67. The average Bonchev–Trinajstić information content (AvgIpc) is 3.02. The van der Waals surface area contributed by atoms with Crippen molar-refractivity contribution in [3.63, 3.8) is 0 Å². The fourth-order valence-electron chi connectivity index (χ4n) is 2.53. The highest BCUT2D eigenvalue weighted by Gasteiger charge is 2.37. The average molecular weight is 364 g/mol. The van der Waals surface area contributed by atoms with Crippen molar-refractivity contribution < 1.29 is 22.7 Å². The zero-order valence-corrected chi connectivity index (χ0v) is 13.3. The largest absolute Gasteiger partial charge is 0.482 e. The maximum atomic E-state index is 12.9. The van der Waals surface area contributed by atoms with Gasteiger partial charge in [-0.2, -0.15) is 17.7 Å². The highest BCUT2D eigenvalue weighted by Crippen LogP contribution is 2.34. The quantitative estimate of drug-likeness (QED) is 0.751. The van der Waals surface area contributed by atoms with Crippen molar-refractivity contribution in [3.05, 3.63) is 36.2 Å². The summed E-state index contributed by atoms with van der Waals surface area (Å²) < 4.78 is 44.8. The zero-order chi connectivity index (χ0) is 18.5. The second-order valence-electron chi connectivity index (χ2n) is 5.56. The summed E-state index contributed by atoms with van der Waals surface area (Å²) in [6.45, 7) is -0.0393. The first-order valence-electron chi connectivity index (χ1n) is 7.43. The molecule has 26 heavy (non-hydrogen) atoms. The van der Waals surface area contributed by atoms with Crippen LogP contribution in [0, 0.1) is 0 Å². The van der Waals surface area contributed by atoms with Crippen molar-refractivity contribution in [2.45, 2.75) is 6.18 Å². The van der Waals surface area contributed by atoms with E-state index in [1.54, 1.807) is 25.2 Å². The van der Waals surface area contributed by atoms with Crippen LogP contribution in [0.2, 0.25) is 0 Å². The van der Waals surface area contributed by atoms with Crippen LogP contribution in [0.25, 0.3) is 5.65 Å². The lowest BCUT2D eigenvalue weighted by Crippen LogP contribution is -2.35. The van der Waals surface area contributed by atoms with Gasteiger partial charge in [0.25, 0.3) is 11.7 Å². The molecule has 0 bridgehead atoms. The lowest BCUT2D eigenvalue weighted by atomic mass is 10.2. The van der Waals surface area contributed by atoms with Crippen molar-refractivity contribution in [3.8, 4) is 5.75 Å². The number of amides is 1. The number of nitrogens with zero attached hydrogens (tertiary/aromatic N) is 5. The summed E-state index contributed by atoms with van der Waals surface area (Å²) in [4.78, 5) is 13.2. The molecule has 0 aliphatic carbocycles. The Bertz CT molecular complexity index is 1020. The summed E-state index contributed by atoms with van der Waals surface area (Å²) in [6, 6.07) is 7.84. The third-order valence-electron chi connectivity index (χ3n) is 3.83.